The lowest BCUT2D eigenvalue weighted by molar-refractivity contribution is 0.626. The number of nitrogens with one attached hydrogen (secondary N) is 1. The van der Waals surface area contributed by atoms with Crippen LogP contribution in [0.25, 0.3) is 0 Å². The highest BCUT2D eigenvalue weighted by Crippen LogP contribution is 2.33. The molecule has 1 heterocycles. The fourth-order valence-corrected chi connectivity index (χ4v) is 1.57. The van der Waals surface area contributed by atoms with Crippen LogP contribution in [0.3, 0.4) is 0 Å². The Kier molecular flexibility index (Phi) is 2.93. The molecule has 5 heteroatoms. The van der Waals surface area contributed by atoms with Gasteiger partial charge in [-0.2, -0.15) is 0 Å². The molecule has 0 amide bonds. The van der Waals surface area contributed by atoms with Gasteiger partial charge in [0.2, 0.25) is 0 Å². The van der Waals surface area contributed by atoms with E-state index in [1.54, 1.807) is 17.0 Å². The second-order valence-electron chi connectivity index (χ2n) is 4.86. The number of halogens is 1. The molecule has 1 aromatic rings. The molecule has 1 saturated carbocycles. The van der Waals surface area contributed by atoms with Crippen LogP contribution in [0.4, 0.5) is 5.82 Å². The van der Waals surface area contributed by atoms with Gasteiger partial charge in [0.25, 0.3) is 5.56 Å². The van der Waals surface area contributed by atoms with Gasteiger partial charge in [-0.05, 0) is 26.7 Å². The fraction of sp³-hybridized carbons (Fsp3) is 0.636. The summed E-state index contributed by atoms with van der Waals surface area (Å²) in [7, 11) is 0. The minimum absolute atomic E-state index is 0.0526. The fourth-order valence-electron chi connectivity index (χ4n) is 1.50. The molecule has 88 valence electrons. The van der Waals surface area contributed by atoms with E-state index in [1.165, 1.54) is 0 Å². The molecule has 1 N–H and O–H groups in total. The number of hydrogen-bond donors (Lipinski definition) is 1. The minimum atomic E-state index is -0.323. The maximum absolute atomic E-state index is 12.0. The Hall–Kier alpha value is -1.03. The molecule has 16 heavy (non-hydrogen) atoms. The first kappa shape index (κ1) is 11.5. The number of anilines is 1. The van der Waals surface area contributed by atoms with Crippen LogP contribution >= 0.6 is 11.6 Å². The van der Waals surface area contributed by atoms with Crippen molar-refractivity contribution in [2.75, 3.05) is 11.2 Å². The second kappa shape index (κ2) is 4.09. The lowest BCUT2D eigenvalue weighted by Gasteiger charge is -2.23. The number of hydrogen-bond acceptors (Lipinski definition) is 3. The third kappa shape index (κ3) is 2.38. The highest BCUT2D eigenvalue weighted by atomic mass is 35.5. The Bertz CT molecular complexity index is 437. The Morgan fingerprint density at radius 1 is 1.62 bits per heavy atom. The molecular formula is C11H16ClN3O. The monoisotopic (exact) mass is 241 g/mol. The molecule has 4 nitrogen and oxygen atoms in total. The first-order valence-electron chi connectivity index (χ1n) is 5.45. The van der Waals surface area contributed by atoms with Gasteiger partial charge in [-0.25, -0.2) is 4.98 Å². The van der Waals surface area contributed by atoms with Gasteiger partial charge in [0.05, 0.1) is 0 Å². The molecule has 0 aliphatic heterocycles. The van der Waals surface area contributed by atoms with Crippen LogP contribution in [0.1, 0.15) is 32.7 Å². The predicted octanol–water partition coefficient (Wildman–Crippen LogP) is 2.01. The summed E-state index contributed by atoms with van der Waals surface area (Å²) < 4.78 is 1.75. The summed E-state index contributed by atoms with van der Waals surface area (Å²) >= 11 is 5.81. The first-order valence-corrected chi connectivity index (χ1v) is 5.98. The molecule has 0 aromatic carbocycles. The third-order valence-corrected chi connectivity index (χ3v) is 3.27. The zero-order valence-corrected chi connectivity index (χ0v) is 10.3. The summed E-state index contributed by atoms with van der Waals surface area (Å²) in [5, 5.41) is 3.08. The van der Waals surface area contributed by atoms with Crippen molar-refractivity contribution in [3.63, 3.8) is 0 Å². The van der Waals surface area contributed by atoms with E-state index in [0.717, 1.165) is 12.8 Å². The predicted molar refractivity (Wildman–Crippen MR) is 65.2 cm³/mol. The maximum atomic E-state index is 12.0. The van der Waals surface area contributed by atoms with Crippen LogP contribution in [-0.2, 0) is 0 Å². The Morgan fingerprint density at radius 3 is 2.88 bits per heavy atom. The van der Waals surface area contributed by atoms with Crippen LogP contribution < -0.4 is 10.9 Å². The average molecular weight is 242 g/mol. The highest BCUT2D eigenvalue weighted by molar-refractivity contribution is 6.18. The van der Waals surface area contributed by atoms with Crippen molar-refractivity contribution in [1.29, 1.82) is 0 Å². The van der Waals surface area contributed by atoms with Gasteiger partial charge in [-0.15, -0.1) is 11.6 Å². The Morgan fingerprint density at radius 2 is 2.31 bits per heavy atom. The van der Waals surface area contributed by atoms with Crippen LogP contribution in [0.2, 0.25) is 0 Å². The second-order valence-corrected chi connectivity index (χ2v) is 5.13. The Labute approximate surface area is 99.6 Å². The number of rotatable bonds is 4. The molecular weight excluding hydrogens is 226 g/mol. The zero-order chi connectivity index (χ0) is 11.8. The summed E-state index contributed by atoms with van der Waals surface area (Å²) in [6.07, 6.45) is 5.58. The van der Waals surface area contributed by atoms with E-state index in [4.69, 9.17) is 11.6 Å². The van der Waals surface area contributed by atoms with E-state index in [9.17, 15) is 4.79 Å². The van der Waals surface area contributed by atoms with Crippen LogP contribution in [0, 0.1) is 0 Å². The standard InChI is InChI=1S/C11H16ClN3O/c1-11(2,7-12)14-9-10(16)15(6-5-13-9)8-3-4-8/h5-6,8H,3-4,7H2,1-2H3,(H,13,14). The van der Waals surface area contributed by atoms with E-state index in [2.05, 4.69) is 10.3 Å². The van der Waals surface area contributed by atoms with Crippen molar-refractivity contribution >= 4 is 17.4 Å². The van der Waals surface area contributed by atoms with Crippen molar-refractivity contribution < 1.29 is 0 Å². The summed E-state index contributed by atoms with van der Waals surface area (Å²) in [6, 6.07) is 0.371. The van der Waals surface area contributed by atoms with Gasteiger partial charge in [0, 0.05) is 29.9 Å². The molecule has 1 aliphatic rings. The molecule has 2 rings (SSSR count). The third-order valence-electron chi connectivity index (χ3n) is 2.60. The summed E-state index contributed by atoms with van der Waals surface area (Å²) in [4.78, 5) is 16.1. The molecule has 1 aromatic heterocycles. The van der Waals surface area contributed by atoms with Crippen molar-refractivity contribution in [2.45, 2.75) is 38.3 Å². The average Bonchev–Trinajstić information content (AvgIpc) is 3.05. The normalized spacial score (nSPS) is 16.2. The lowest BCUT2D eigenvalue weighted by atomic mass is 10.1. The molecule has 0 saturated heterocycles. The zero-order valence-electron chi connectivity index (χ0n) is 9.53. The van der Waals surface area contributed by atoms with E-state index in [0.29, 0.717) is 17.7 Å². The van der Waals surface area contributed by atoms with Crippen molar-refractivity contribution in [3.8, 4) is 0 Å². The van der Waals surface area contributed by atoms with Crippen LogP contribution in [-0.4, -0.2) is 21.0 Å². The largest absolute Gasteiger partial charge is 0.359 e. The van der Waals surface area contributed by atoms with Crippen molar-refractivity contribution in [1.82, 2.24) is 9.55 Å². The molecule has 0 spiro atoms. The lowest BCUT2D eigenvalue weighted by Crippen LogP contribution is -2.37. The molecule has 0 radical (unpaired) electrons. The quantitative estimate of drug-likeness (QED) is 0.821. The van der Waals surface area contributed by atoms with E-state index in [1.807, 2.05) is 13.8 Å². The van der Waals surface area contributed by atoms with Crippen LogP contribution in [0.15, 0.2) is 17.2 Å². The SMILES string of the molecule is CC(C)(CCl)Nc1nccn(C2CC2)c1=O. The number of alkyl halides is 1. The highest BCUT2D eigenvalue weighted by Gasteiger charge is 2.26. The molecule has 0 atom stereocenters. The van der Waals surface area contributed by atoms with Gasteiger partial charge in [0.1, 0.15) is 0 Å². The van der Waals surface area contributed by atoms with Gasteiger partial charge in [0.15, 0.2) is 5.82 Å². The van der Waals surface area contributed by atoms with Crippen molar-refractivity contribution in [2.24, 2.45) is 0 Å². The number of aromatic nitrogens is 2. The summed E-state index contributed by atoms with van der Waals surface area (Å²) in [5.41, 5.74) is -0.376. The molecule has 1 aliphatic carbocycles. The van der Waals surface area contributed by atoms with Gasteiger partial charge in [-0.3, -0.25) is 4.79 Å². The summed E-state index contributed by atoms with van der Waals surface area (Å²) in [5.74, 6) is 0.812. The van der Waals surface area contributed by atoms with Gasteiger partial charge in [-0.1, -0.05) is 0 Å². The van der Waals surface area contributed by atoms with E-state index in [-0.39, 0.29) is 11.1 Å². The van der Waals surface area contributed by atoms with Crippen LogP contribution in [0.5, 0.6) is 0 Å². The Balaban J connectivity index is 2.28. The van der Waals surface area contributed by atoms with Crippen molar-refractivity contribution in [3.05, 3.63) is 22.7 Å². The van der Waals surface area contributed by atoms with Gasteiger partial charge < -0.3 is 9.88 Å². The van der Waals surface area contributed by atoms with E-state index < -0.39 is 0 Å². The maximum Gasteiger partial charge on any atom is 0.293 e. The van der Waals surface area contributed by atoms with Gasteiger partial charge >= 0.3 is 0 Å². The topological polar surface area (TPSA) is 46.9 Å². The first-order chi connectivity index (χ1) is 7.53. The smallest absolute Gasteiger partial charge is 0.293 e. The molecule has 0 bridgehead atoms. The molecule has 0 unspecified atom stereocenters. The minimum Gasteiger partial charge on any atom is -0.359 e. The summed E-state index contributed by atoms with van der Waals surface area (Å²) in [6.45, 7) is 3.88. The molecule has 1 fully saturated rings. The van der Waals surface area contributed by atoms with E-state index >= 15 is 0 Å². The number of nitrogens with zero attached hydrogens (tertiary/aromatic N) is 2.